The first-order chi connectivity index (χ1) is 9.15. The fraction of sp³-hybridized carbons (Fsp3) is 0.588. The smallest absolute Gasteiger partial charge is 0.309 e. The predicted molar refractivity (Wildman–Crippen MR) is 78.9 cm³/mol. The topological polar surface area (TPSA) is 26.3 Å². The van der Waals surface area contributed by atoms with E-state index in [-0.39, 0.29) is 18.0 Å². The van der Waals surface area contributed by atoms with Crippen LogP contribution in [0.5, 0.6) is 0 Å². The van der Waals surface area contributed by atoms with Gasteiger partial charge in [0.1, 0.15) is 6.10 Å². The molecule has 0 bridgehead atoms. The third-order valence-electron chi connectivity index (χ3n) is 3.45. The van der Waals surface area contributed by atoms with Gasteiger partial charge >= 0.3 is 5.97 Å². The lowest BCUT2D eigenvalue weighted by atomic mass is 10.0. The molecule has 0 radical (unpaired) electrons. The van der Waals surface area contributed by atoms with Crippen LogP contribution in [0, 0.1) is 5.92 Å². The van der Waals surface area contributed by atoms with Crippen LogP contribution in [0.3, 0.4) is 0 Å². The predicted octanol–water partition coefficient (Wildman–Crippen LogP) is 4.90. The van der Waals surface area contributed by atoms with Crippen molar-refractivity contribution in [3.63, 3.8) is 0 Å². The molecule has 106 valence electrons. The normalized spacial score (nSPS) is 13.8. The highest BCUT2D eigenvalue weighted by Gasteiger charge is 2.17. The Morgan fingerprint density at radius 3 is 2.42 bits per heavy atom. The zero-order valence-corrected chi connectivity index (χ0v) is 12.4. The molecule has 0 spiro atoms. The molecule has 0 N–H and O–H groups in total. The number of hydrogen-bond donors (Lipinski definition) is 0. The second-order valence-electron chi connectivity index (χ2n) is 5.24. The van der Waals surface area contributed by atoms with Gasteiger partial charge in [-0.25, -0.2) is 0 Å². The van der Waals surface area contributed by atoms with Gasteiger partial charge in [-0.2, -0.15) is 0 Å². The van der Waals surface area contributed by atoms with Crippen molar-refractivity contribution >= 4 is 5.97 Å². The van der Waals surface area contributed by atoms with E-state index in [9.17, 15) is 4.79 Å². The lowest BCUT2D eigenvalue weighted by Gasteiger charge is -2.17. The maximum absolute atomic E-state index is 12.0. The first kappa shape index (κ1) is 15.7. The van der Waals surface area contributed by atoms with Gasteiger partial charge in [-0.05, 0) is 18.9 Å². The number of unbranched alkanes of at least 4 members (excludes halogenated alkanes) is 3. The van der Waals surface area contributed by atoms with Crippen LogP contribution >= 0.6 is 0 Å². The lowest BCUT2D eigenvalue weighted by Crippen LogP contribution is -2.17. The van der Waals surface area contributed by atoms with Gasteiger partial charge in [0, 0.05) is 0 Å². The van der Waals surface area contributed by atoms with E-state index in [1.165, 1.54) is 19.3 Å². The van der Waals surface area contributed by atoms with Gasteiger partial charge in [0.2, 0.25) is 0 Å². The van der Waals surface area contributed by atoms with Crippen molar-refractivity contribution in [2.24, 2.45) is 5.92 Å². The highest BCUT2D eigenvalue weighted by Crippen LogP contribution is 2.20. The lowest BCUT2D eigenvalue weighted by molar-refractivity contribution is -0.153. The van der Waals surface area contributed by atoms with Gasteiger partial charge < -0.3 is 4.74 Å². The molecule has 0 amide bonds. The second kappa shape index (κ2) is 8.73. The van der Waals surface area contributed by atoms with Crippen molar-refractivity contribution in [3.05, 3.63) is 35.9 Å². The number of rotatable bonds is 8. The number of carbonyl (C=O) groups is 1. The second-order valence-corrected chi connectivity index (χ2v) is 5.24. The van der Waals surface area contributed by atoms with Gasteiger partial charge in [0.25, 0.3) is 0 Å². The quantitative estimate of drug-likeness (QED) is 0.492. The SMILES string of the molecule is CCCCCCC(C)C(=O)OC(C)c1ccccc1. The van der Waals surface area contributed by atoms with Crippen LogP contribution in [0.15, 0.2) is 30.3 Å². The van der Waals surface area contributed by atoms with E-state index in [0.29, 0.717) is 0 Å². The zero-order valence-electron chi connectivity index (χ0n) is 12.4. The van der Waals surface area contributed by atoms with E-state index in [1.807, 2.05) is 44.2 Å². The Balaban J connectivity index is 2.33. The summed E-state index contributed by atoms with van der Waals surface area (Å²) in [5.41, 5.74) is 1.05. The molecule has 19 heavy (non-hydrogen) atoms. The van der Waals surface area contributed by atoms with Crippen molar-refractivity contribution < 1.29 is 9.53 Å². The summed E-state index contributed by atoms with van der Waals surface area (Å²) in [7, 11) is 0. The minimum atomic E-state index is -0.160. The number of hydrogen-bond acceptors (Lipinski definition) is 2. The van der Waals surface area contributed by atoms with Gasteiger partial charge in [0.05, 0.1) is 5.92 Å². The molecule has 0 heterocycles. The summed E-state index contributed by atoms with van der Waals surface area (Å²) in [6, 6.07) is 9.88. The molecule has 2 heteroatoms. The molecule has 1 rings (SSSR count). The molecule has 1 aromatic rings. The van der Waals surface area contributed by atoms with E-state index >= 15 is 0 Å². The third kappa shape index (κ3) is 5.91. The Morgan fingerprint density at radius 2 is 1.79 bits per heavy atom. The zero-order chi connectivity index (χ0) is 14.1. The third-order valence-corrected chi connectivity index (χ3v) is 3.45. The van der Waals surface area contributed by atoms with Crippen molar-refractivity contribution in [1.82, 2.24) is 0 Å². The summed E-state index contributed by atoms with van der Waals surface area (Å²) in [6.07, 6.45) is 5.57. The van der Waals surface area contributed by atoms with Crippen LogP contribution in [0.4, 0.5) is 0 Å². The maximum atomic E-state index is 12.0. The fourth-order valence-corrected chi connectivity index (χ4v) is 2.08. The van der Waals surface area contributed by atoms with Gasteiger partial charge in [-0.1, -0.05) is 69.9 Å². The van der Waals surface area contributed by atoms with Crippen LogP contribution in [-0.2, 0) is 9.53 Å². The number of ether oxygens (including phenoxy) is 1. The Morgan fingerprint density at radius 1 is 1.11 bits per heavy atom. The van der Waals surface area contributed by atoms with E-state index < -0.39 is 0 Å². The molecule has 2 nitrogen and oxygen atoms in total. The summed E-state index contributed by atoms with van der Waals surface area (Å²) < 4.78 is 5.52. The number of esters is 1. The van der Waals surface area contributed by atoms with Crippen LogP contribution < -0.4 is 0 Å². The maximum Gasteiger partial charge on any atom is 0.309 e. The molecule has 0 aliphatic carbocycles. The van der Waals surface area contributed by atoms with Gasteiger partial charge in [-0.15, -0.1) is 0 Å². The van der Waals surface area contributed by atoms with E-state index in [1.54, 1.807) is 0 Å². The summed E-state index contributed by atoms with van der Waals surface area (Å²) in [5, 5.41) is 0. The van der Waals surface area contributed by atoms with E-state index in [4.69, 9.17) is 4.74 Å². The largest absolute Gasteiger partial charge is 0.458 e. The van der Waals surface area contributed by atoms with Crippen LogP contribution in [0.2, 0.25) is 0 Å². The average molecular weight is 262 g/mol. The standard InChI is InChI=1S/C17H26O2/c1-4-5-6-8-11-14(2)17(18)19-15(3)16-12-9-7-10-13-16/h7,9-10,12-15H,4-6,8,11H2,1-3H3. The molecule has 0 saturated carbocycles. The molecule has 0 aliphatic rings. The first-order valence-corrected chi connectivity index (χ1v) is 7.40. The van der Waals surface area contributed by atoms with Gasteiger partial charge in [0.15, 0.2) is 0 Å². The van der Waals surface area contributed by atoms with Crippen molar-refractivity contribution in [2.75, 3.05) is 0 Å². The Bertz CT molecular complexity index is 359. The van der Waals surface area contributed by atoms with Crippen LogP contribution in [0.25, 0.3) is 0 Å². The van der Waals surface area contributed by atoms with Gasteiger partial charge in [-0.3, -0.25) is 4.79 Å². The van der Waals surface area contributed by atoms with Crippen molar-refractivity contribution in [2.45, 2.75) is 59.0 Å². The average Bonchev–Trinajstić information content (AvgIpc) is 2.44. The van der Waals surface area contributed by atoms with Crippen molar-refractivity contribution in [1.29, 1.82) is 0 Å². The molecule has 0 fully saturated rings. The Hall–Kier alpha value is -1.31. The summed E-state index contributed by atoms with van der Waals surface area (Å²) in [6.45, 7) is 6.09. The van der Waals surface area contributed by atoms with Crippen LogP contribution in [0.1, 0.15) is 64.5 Å². The molecule has 0 aliphatic heterocycles. The summed E-state index contributed by atoms with van der Waals surface area (Å²) in [5.74, 6) is -0.0733. The molecule has 1 aromatic carbocycles. The summed E-state index contributed by atoms with van der Waals surface area (Å²) in [4.78, 5) is 12.0. The Labute approximate surface area is 117 Å². The minimum absolute atomic E-state index is 0.00279. The molecule has 0 aromatic heterocycles. The van der Waals surface area contributed by atoms with Crippen molar-refractivity contribution in [3.8, 4) is 0 Å². The summed E-state index contributed by atoms with van der Waals surface area (Å²) >= 11 is 0. The first-order valence-electron chi connectivity index (χ1n) is 7.40. The highest BCUT2D eigenvalue weighted by atomic mass is 16.5. The molecule has 2 atom stereocenters. The Kier molecular flexibility index (Phi) is 7.24. The fourth-order valence-electron chi connectivity index (χ4n) is 2.08. The highest BCUT2D eigenvalue weighted by molar-refractivity contribution is 5.72. The minimum Gasteiger partial charge on any atom is -0.458 e. The van der Waals surface area contributed by atoms with Crippen LogP contribution in [-0.4, -0.2) is 5.97 Å². The molecular weight excluding hydrogens is 236 g/mol. The molecular formula is C17H26O2. The van der Waals surface area contributed by atoms with E-state index in [2.05, 4.69) is 6.92 Å². The number of benzene rings is 1. The van der Waals surface area contributed by atoms with E-state index in [0.717, 1.165) is 18.4 Å². The number of carbonyl (C=O) groups excluding carboxylic acids is 1. The molecule has 2 unspecified atom stereocenters. The molecule has 0 saturated heterocycles. The monoisotopic (exact) mass is 262 g/mol.